The van der Waals surface area contributed by atoms with E-state index in [2.05, 4.69) is 25.5 Å². The highest BCUT2D eigenvalue weighted by Crippen LogP contribution is 2.27. The smallest absolute Gasteiger partial charge is 0.180 e. The number of halogens is 2. The molecule has 20 heavy (non-hydrogen) atoms. The average Bonchev–Trinajstić information content (AvgIpc) is 2.81. The summed E-state index contributed by atoms with van der Waals surface area (Å²) in [4.78, 5) is 12.8. The van der Waals surface area contributed by atoms with E-state index in [0.29, 0.717) is 20.6 Å². The standard InChI is InChI=1S/C14H14BrFN2OS/c1-14(2,3)13-12(20-18-17-13)11(19)6-8-4-5-9(15)7-10(8)16/h4-5,7H,6H2,1-3H3. The number of nitrogens with zero attached hydrogens (tertiary/aromatic N) is 2. The summed E-state index contributed by atoms with van der Waals surface area (Å²) in [7, 11) is 0. The van der Waals surface area contributed by atoms with E-state index >= 15 is 0 Å². The molecule has 2 aromatic rings. The molecule has 0 unspecified atom stereocenters. The highest BCUT2D eigenvalue weighted by atomic mass is 79.9. The Morgan fingerprint density at radius 1 is 1.40 bits per heavy atom. The molecule has 0 amide bonds. The van der Waals surface area contributed by atoms with E-state index in [1.807, 2.05) is 20.8 Å². The van der Waals surface area contributed by atoms with Crippen LogP contribution in [-0.2, 0) is 11.8 Å². The average molecular weight is 357 g/mol. The first-order chi connectivity index (χ1) is 9.29. The van der Waals surface area contributed by atoms with Crippen LogP contribution in [-0.4, -0.2) is 15.4 Å². The van der Waals surface area contributed by atoms with Crippen molar-refractivity contribution >= 4 is 33.2 Å². The van der Waals surface area contributed by atoms with Crippen molar-refractivity contribution in [1.82, 2.24) is 9.59 Å². The van der Waals surface area contributed by atoms with E-state index in [4.69, 9.17) is 0 Å². The van der Waals surface area contributed by atoms with Gasteiger partial charge in [0, 0.05) is 16.3 Å². The van der Waals surface area contributed by atoms with Crippen LogP contribution in [0.2, 0.25) is 0 Å². The lowest BCUT2D eigenvalue weighted by molar-refractivity contribution is 0.0993. The number of carbonyl (C=O) groups excluding carboxylic acids is 1. The zero-order chi connectivity index (χ0) is 14.9. The Morgan fingerprint density at radius 3 is 2.70 bits per heavy atom. The molecule has 0 fully saturated rings. The molecule has 6 heteroatoms. The van der Waals surface area contributed by atoms with Crippen LogP contribution in [0.25, 0.3) is 0 Å². The molecule has 0 aliphatic heterocycles. The van der Waals surface area contributed by atoms with Gasteiger partial charge in [0.25, 0.3) is 0 Å². The number of aromatic nitrogens is 2. The number of hydrogen-bond acceptors (Lipinski definition) is 4. The van der Waals surface area contributed by atoms with Crippen LogP contribution < -0.4 is 0 Å². The highest BCUT2D eigenvalue weighted by Gasteiger charge is 2.26. The van der Waals surface area contributed by atoms with Crippen molar-refractivity contribution in [3.05, 3.63) is 44.6 Å². The molecule has 0 aliphatic rings. The highest BCUT2D eigenvalue weighted by molar-refractivity contribution is 9.10. The summed E-state index contributed by atoms with van der Waals surface area (Å²) in [5, 5.41) is 4.03. The number of rotatable bonds is 3. The predicted octanol–water partition coefficient (Wildman–Crippen LogP) is 4.16. The van der Waals surface area contributed by atoms with Gasteiger partial charge in [-0.2, -0.15) is 0 Å². The van der Waals surface area contributed by atoms with Crippen molar-refractivity contribution in [1.29, 1.82) is 0 Å². The molecule has 0 saturated carbocycles. The summed E-state index contributed by atoms with van der Waals surface area (Å²) >= 11 is 4.27. The second-order valence-corrected chi connectivity index (χ2v) is 7.21. The van der Waals surface area contributed by atoms with Crippen molar-refractivity contribution in [2.24, 2.45) is 0 Å². The van der Waals surface area contributed by atoms with E-state index < -0.39 is 0 Å². The second-order valence-electron chi connectivity index (χ2n) is 5.54. The molecular formula is C14H14BrFN2OS. The van der Waals surface area contributed by atoms with Crippen LogP contribution in [0.15, 0.2) is 22.7 Å². The Kier molecular flexibility index (Phi) is 4.34. The van der Waals surface area contributed by atoms with Gasteiger partial charge in [-0.15, -0.1) is 5.10 Å². The van der Waals surface area contributed by atoms with Crippen LogP contribution in [0.3, 0.4) is 0 Å². The van der Waals surface area contributed by atoms with Gasteiger partial charge in [-0.1, -0.05) is 47.3 Å². The van der Waals surface area contributed by atoms with Crippen LogP contribution in [0.1, 0.15) is 41.7 Å². The normalized spacial score (nSPS) is 11.7. The molecule has 1 aromatic carbocycles. The van der Waals surface area contributed by atoms with Gasteiger partial charge in [0.05, 0.1) is 5.69 Å². The van der Waals surface area contributed by atoms with Crippen molar-refractivity contribution < 1.29 is 9.18 Å². The van der Waals surface area contributed by atoms with Gasteiger partial charge in [0.15, 0.2) is 5.78 Å². The lowest BCUT2D eigenvalue weighted by Gasteiger charge is -2.15. The molecule has 0 radical (unpaired) electrons. The SMILES string of the molecule is CC(C)(C)c1nnsc1C(=O)Cc1ccc(Br)cc1F. The predicted molar refractivity (Wildman–Crippen MR) is 80.7 cm³/mol. The minimum absolute atomic E-state index is 0.0199. The van der Waals surface area contributed by atoms with E-state index in [1.54, 1.807) is 12.1 Å². The molecule has 2 rings (SSSR count). The van der Waals surface area contributed by atoms with Gasteiger partial charge in [-0.25, -0.2) is 4.39 Å². The summed E-state index contributed by atoms with van der Waals surface area (Å²) < 4.78 is 18.3. The van der Waals surface area contributed by atoms with Crippen molar-refractivity contribution in [3.63, 3.8) is 0 Å². The maximum atomic E-state index is 13.8. The maximum absolute atomic E-state index is 13.8. The summed E-state index contributed by atoms with van der Waals surface area (Å²) in [6.07, 6.45) is 0.0199. The van der Waals surface area contributed by atoms with Crippen LogP contribution in [0, 0.1) is 5.82 Å². The van der Waals surface area contributed by atoms with Crippen molar-refractivity contribution in [2.45, 2.75) is 32.6 Å². The third-order valence-corrected chi connectivity index (χ3v) is 4.08. The minimum atomic E-state index is -0.387. The van der Waals surface area contributed by atoms with E-state index in [0.717, 1.165) is 11.5 Å². The van der Waals surface area contributed by atoms with Crippen LogP contribution in [0.4, 0.5) is 4.39 Å². The first-order valence-electron chi connectivity index (χ1n) is 6.09. The van der Waals surface area contributed by atoms with Gasteiger partial charge in [-0.3, -0.25) is 4.79 Å². The molecular weight excluding hydrogens is 343 g/mol. The Labute approximate surface area is 129 Å². The fraction of sp³-hybridized carbons (Fsp3) is 0.357. The zero-order valence-corrected chi connectivity index (χ0v) is 13.8. The van der Waals surface area contributed by atoms with Gasteiger partial charge in [0.1, 0.15) is 10.7 Å². The molecule has 0 aliphatic carbocycles. The molecule has 0 saturated heterocycles. The van der Waals surface area contributed by atoms with Gasteiger partial charge in [-0.05, 0) is 29.2 Å². The van der Waals surface area contributed by atoms with Gasteiger partial charge in [0.2, 0.25) is 0 Å². The summed E-state index contributed by atoms with van der Waals surface area (Å²) in [5.41, 5.74) is 0.799. The van der Waals surface area contributed by atoms with E-state index in [1.165, 1.54) is 6.07 Å². The Bertz CT molecular complexity index is 649. The Morgan fingerprint density at radius 2 is 2.10 bits per heavy atom. The minimum Gasteiger partial charge on any atom is -0.293 e. The molecule has 106 valence electrons. The number of hydrogen-bond donors (Lipinski definition) is 0. The van der Waals surface area contributed by atoms with Gasteiger partial charge < -0.3 is 0 Å². The number of benzene rings is 1. The number of ketones is 1. The van der Waals surface area contributed by atoms with E-state index in [9.17, 15) is 9.18 Å². The third kappa shape index (κ3) is 3.30. The van der Waals surface area contributed by atoms with Crippen molar-refractivity contribution in [3.8, 4) is 0 Å². The lowest BCUT2D eigenvalue weighted by Crippen LogP contribution is -2.17. The molecule has 0 N–H and O–H groups in total. The fourth-order valence-electron chi connectivity index (χ4n) is 1.78. The molecule has 3 nitrogen and oxygen atoms in total. The molecule has 0 bridgehead atoms. The molecule has 0 spiro atoms. The number of Topliss-reactive ketones (excluding diaryl/α,β-unsaturated/α-hetero) is 1. The fourth-order valence-corrected chi connectivity index (χ4v) is 2.93. The van der Waals surface area contributed by atoms with Crippen LogP contribution >= 0.6 is 27.5 Å². The first kappa shape index (κ1) is 15.3. The quantitative estimate of drug-likeness (QED) is 0.775. The van der Waals surface area contributed by atoms with Crippen LogP contribution in [0.5, 0.6) is 0 Å². The Hall–Kier alpha value is -1.14. The summed E-state index contributed by atoms with van der Waals surface area (Å²) in [6, 6.07) is 4.70. The lowest BCUT2D eigenvalue weighted by atomic mass is 9.90. The molecule has 0 atom stereocenters. The molecule has 1 heterocycles. The largest absolute Gasteiger partial charge is 0.293 e. The molecule has 1 aromatic heterocycles. The second kappa shape index (κ2) is 5.69. The zero-order valence-electron chi connectivity index (χ0n) is 11.4. The maximum Gasteiger partial charge on any atom is 0.180 e. The first-order valence-corrected chi connectivity index (χ1v) is 7.65. The summed E-state index contributed by atoms with van der Waals surface area (Å²) in [6.45, 7) is 5.92. The topological polar surface area (TPSA) is 42.9 Å². The van der Waals surface area contributed by atoms with E-state index in [-0.39, 0.29) is 23.4 Å². The summed E-state index contributed by atoms with van der Waals surface area (Å²) in [5.74, 6) is -0.534. The third-order valence-electron chi connectivity index (χ3n) is 2.82. The van der Waals surface area contributed by atoms with Crippen molar-refractivity contribution in [2.75, 3.05) is 0 Å². The van der Waals surface area contributed by atoms with Gasteiger partial charge >= 0.3 is 0 Å². The monoisotopic (exact) mass is 356 g/mol. The number of carbonyl (C=O) groups is 1. The Balaban J connectivity index is 2.27.